The Bertz CT molecular complexity index is 311. The first-order chi connectivity index (χ1) is 7.16. The van der Waals surface area contributed by atoms with Crippen LogP contribution >= 0.6 is 0 Å². The van der Waals surface area contributed by atoms with Gasteiger partial charge < -0.3 is 9.32 Å². The number of aryl methyl sites for hydroxylation is 1. The van der Waals surface area contributed by atoms with E-state index in [0.29, 0.717) is 12.0 Å². The number of piperidine rings is 1. The molecule has 0 aromatic carbocycles. The molecule has 1 fully saturated rings. The second kappa shape index (κ2) is 4.35. The lowest BCUT2D eigenvalue weighted by molar-refractivity contribution is 0.164. The molecule has 2 heterocycles. The van der Waals surface area contributed by atoms with Gasteiger partial charge in [0.05, 0.1) is 6.20 Å². The lowest BCUT2D eigenvalue weighted by Gasteiger charge is -2.33. The van der Waals surface area contributed by atoms with Crippen LogP contribution in [-0.4, -0.2) is 29.0 Å². The van der Waals surface area contributed by atoms with E-state index >= 15 is 0 Å². The second-order valence-corrected chi connectivity index (χ2v) is 4.69. The average molecular weight is 208 g/mol. The topological polar surface area (TPSA) is 29.3 Å². The van der Waals surface area contributed by atoms with Gasteiger partial charge in [0.1, 0.15) is 5.76 Å². The summed E-state index contributed by atoms with van der Waals surface area (Å²) in [5.41, 5.74) is 0. The van der Waals surface area contributed by atoms with Crippen LogP contribution in [-0.2, 0) is 0 Å². The molecule has 2 rings (SSSR count). The van der Waals surface area contributed by atoms with E-state index in [0.717, 1.165) is 11.7 Å². The number of likely N-dealkylation sites (tertiary alicyclic amines) is 1. The molecule has 0 aliphatic carbocycles. The van der Waals surface area contributed by atoms with Crippen molar-refractivity contribution in [2.75, 3.05) is 13.1 Å². The average Bonchev–Trinajstić information content (AvgIpc) is 2.65. The lowest BCUT2D eigenvalue weighted by Crippen LogP contribution is -2.37. The summed E-state index contributed by atoms with van der Waals surface area (Å²) in [7, 11) is 0. The molecule has 1 aliphatic heterocycles. The van der Waals surface area contributed by atoms with E-state index in [4.69, 9.17) is 4.42 Å². The van der Waals surface area contributed by atoms with Gasteiger partial charge in [0.25, 0.3) is 0 Å². The Morgan fingerprint density at radius 3 is 2.53 bits per heavy atom. The maximum Gasteiger partial charge on any atom is 0.191 e. The van der Waals surface area contributed by atoms with E-state index in [1.54, 1.807) is 0 Å². The Morgan fingerprint density at radius 1 is 1.40 bits per heavy atom. The van der Waals surface area contributed by atoms with Crippen LogP contribution in [0, 0.1) is 6.92 Å². The summed E-state index contributed by atoms with van der Waals surface area (Å²) in [6.45, 7) is 8.80. The van der Waals surface area contributed by atoms with Gasteiger partial charge >= 0.3 is 0 Å². The maximum atomic E-state index is 5.59. The molecule has 0 amide bonds. The number of hydrogen-bond acceptors (Lipinski definition) is 3. The first-order valence-corrected chi connectivity index (χ1v) is 5.83. The van der Waals surface area contributed by atoms with Crippen LogP contribution in [0.15, 0.2) is 10.6 Å². The van der Waals surface area contributed by atoms with E-state index in [2.05, 4.69) is 23.7 Å². The third-order valence-corrected chi connectivity index (χ3v) is 3.30. The number of nitrogens with zero attached hydrogens (tertiary/aromatic N) is 2. The van der Waals surface area contributed by atoms with Gasteiger partial charge in [-0.05, 0) is 39.8 Å². The second-order valence-electron chi connectivity index (χ2n) is 4.69. The van der Waals surface area contributed by atoms with Crippen molar-refractivity contribution >= 4 is 0 Å². The molecule has 0 radical (unpaired) electrons. The third kappa shape index (κ3) is 2.40. The molecule has 84 valence electrons. The van der Waals surface area contributed by atoms with Gasteiger partial charge in [0, 0.05) is 18.9 Å². The highest BCUT2D eigenvalue weighted by Gasteiger charge is 2.24. The zero-order valence-corrected chi connectivity index (χ0v) is 9.86. The minimum Gasteiger partial charge on any atom is -0.446 e. The molecule has 1 aromatic heterocycles. The van der Waals surface area contributed by atoms with E-state index in [-0.39, 0.29) is 0 Å². The van der Waals surface area contributed by atoms with E-state index < -0.39 is 0 Å². The summed E-state index contributed by atoms with van der Waals surface area (Å²) in [4.78, 5) is 6.69. The molecule has 3 nitrogen and oxygen atoms in total. The molecule has 0 atom stereocenters. The van der Waals surface area contributed by atoms with Crippen LogP contribution < -0.4 is 0 Å². The predicted molar refractivity (Wildman–Crippen MR) is 59.9 cm³/mol. The predicted octanol–water partition coefficient (Wildman–Crippen LogP) is 2.57. The minimum absolute atomic E-state index is 0.584. The van der Waals surface area contributed by atoms with Gasteiger partial charge in [-0.15, -0.1) is 0 Å². The highest BCUT2D eigenvalue weighted by atomic mass is 16.4. The summed E-state index contributed by atoms with van der Waals surface area (Å²) in [6.07, 6.45) is 4.30. The Kier molecular flexibility index (Phi) is 3.10. The summed E-state index contributed by atoms with van der Waals surface area (Å²) >= 11 is 0. The fraction of sp³-hybridized carbons (Fsp3) is 0.750. The molecule has 1 aliphatic rings. The van der Waals surface area contributed by atoms with Gasteiger partial charge in [-0.1, -0.05) is 0 Å². The van der Waals surface area contributed by atoms with E-state index in [1.807, 2.05) is 13.1 Å². The first-order valence-electron chi connectivity index (χ1n) is 5.83. The van der Waals surface area contributed by atoms with Crippen LogP contribution in [0.25, 0.3) is 0 Å². The molecule has 0 spiro atoms. The fourth-order valence-corrected chi connectivity index (χ4v) is 2.27. The highest BCUT2D eigenvalue weighted by Crippen LogP contribution is 2.28. The van der Waals surface area contributed by atoms with Crippen molar-refractivity contribution in [3.63, 3.8) is 0 Å². The monoisotopic (exact) mass is 208 g/mol. The van der Waals surface area contributed by atoms with Crippen LogP contribution in [0.2, 0.25) is 0 Å². The fourth-order valence-electron chi connectivity index (χ4n) is 2.27. The van der Waals surface area contributed by atoms with Gasteiger partial charge in [-0.25, -0.2) is 4.98 Å². The molecule has 1 aromatic rings. The highest BCUT2D eigenvalue weighted by molar-refractivity contribution is 5.03. The van der Waals surface area contributed by atoms with Gasteiger partial charge in [0.2, 0.25) is 0 Å². The summed E-state index contributed by atoms with van der Waals surface area (Å²) in [6, 6.07) is 0.669. The first kappa shape index (κ1) is 10.7. The van der Waals surface area contributed by atoms with Gasteiger partial charge in [0.15, 0.2) is 5.89 Å². The zero-order chi connectivity index (χ0) is 10.8. The lowest BCUT2D eigenvalue weighted by atomic mass is 9.94. The van der Waals surface area contributed by atoms with Crippen molar-refractivity contribution in [1.82, 2.24) is 9.88 Å². The molecule has 1 saturated heterocycles. The van der Waals surface area contributed by atoms with Crippen molar-refractivity contribution in [2.24, 2.45) is 0 Å². The smallest absolute Gasteiger partial charge is 0.191 e. The van der Waals surface area contributed by atoms with Crippen LogP contribution in [0.3, 0.4) is 0 Å². The largest absolute Gasteiger partial charge is 0.446 e. The molecule has 0 bridgehead atoms. The standard InChI is InChI=1S/C12H20N2O/c1-9(2)14-6-4-11(5-7-14)12-8-13-10(3)15-12/h8-9,11H,4-7H2,1-3H3. The van der Waals surface area contributed by atoms with Crippen molar-refractivity contribution in [2.45, 2.75) is 45.6 Å². The minimum atomic E-state index is 0.584. The summed E-state index contributed by atoms with van der Waals surface area (Å²) < 4.78 is 5.59. The summed E-state index contributed by atoms with van der Waals surface area (Å²) in [5.74, 6) is 2.45. The molecule has 0 N–H and O–H groups in total. The van der Waals surface area contributed by atoms with Crippen molar-refractivity contribution in [1.29, 1.82) is 0 Å². The molecule has 0 saturated carbocycles. The van der Waals surface area contributed by atoms with Crippen molar-refractivity contribution in [3.05, 3.63) is 17.8 Å². The van der Waals surface area contributed by atoms with Crippen molar-refractivity contribution in [3.8, 4) is 0 Å². The molecular formula is C12H20N2O. The van der Waals surface area contributed by atoms with Crippen LogP contribution in [0.4, 0.5) is 0 Å². The van der Waals surface area contributed by atoms with Gasteiger partial charge in [-0.2, -0.15) is 0 Å². The van der Waals surface area contributed by atoms with Crippen LogP contribution in [0.1, 0.15) is 44.3 Å². The normalized spacial score (nSPS) is 20.0. The third-order valence-electron chi connectivity index (χ3n) is 3.30. The Hall–Kier alpha value is -0.830. The number of rotatable bonds is 2. The van der Waals surface area contributed by atoms with Gasteiger partial charge in [-0.3, -0.25) is 0 Å². The quantitative estimate of drug-likeness (QED) is 0.748. The van der Waals surface area contributed by atoms with Crippen LogP contribution in [0.5, 0.6) is 0 Å². The van der Waals surface area contributed by atoms with E-state index in [1.165, 1.54) is 25.9 Å². The molecule has 0 unspecified atom stereocenters. The SMILES string of the molecule is Cc1ncc(C2CCN(C(C)C)CC2)o1. The maximum absolute atomic E-state index is 5.59. The van der Waals surface area contributed by atoms with Crippen molar-refractivity contribution < 1.29 is 4.42 Å². The molecule has 3 heteroatoms. The summed E-state index contributed by atoms with van der Waals surface area (Å²) in [5, 5.41) is 0. The number of hydrogen-bond donors (Lipinski definition) is 0. The zero-order valence-electron chi connectivity index (χ0n) is 9.86. The van der Waals surface area contributed by atoms with E-state index in [9.17, 15) is 0 Å². The Balaban J connectivity index is 1.93. The Morgan fingerprint density at radius 2 is 2.07 bits per heavy atom. The Labute approximate surface area is 91.5 Å². The molecule has 15 heavy (non-hydrogen) atoms. The number of oxazole rings is 1. The molecular weight excluding hydrogens is 188 g/mol. The number of aromatic nitrogens is 1.